The molecule has 0 aromatic carbocycles. The maximum Gasteiger partial charge on any atom is 0.317 e. The number of carbonyl (C=O) groups is 1. The molecule has 2 aromatic rings. The van der Waals surface area contributed by atoms with Gasteiger partial charge in [0.1, 0.15) is 0 Å². The van der Waals surface area contributed by atoms with Crippen molar-refractivity contribution in [2.75, 3.05) is 13.1 Å². The van der Waals surface area contributed by atoms with E-state index in [2.05, 4.69) is 52.5 Å². The van der Waals surface area contributed by atoms with Gasteiger partial charge < -0.3 is 14.8 Å². The van der Waals surface area contributed by atoms with Gasteiger partial charge >= 0.3 is 6.03 Å². The molecule has 2 amide bonds. The lowest BCUT2D eigenvalue weighted by molar-refractivity contribution is 0.154. The van der Waals surface area contributed by atoms with E-state index in [1.165, 1.54) is 5.69 Å². The lowest BCUT2D eigenvalue weighted by atomic mass is 9.98. The maximum absolute atomic E-state index is 12.6. The Kier molecular flexibility index (Phi) is 5.73. The highest BCUT2D eigenvalue weighted by Crippen LogP contribution is 2.18. The molecule has 0 radical (unpaired) electrons. The first-order valence-electron chi connectivity index (χ1n) is 9.11. The fourth-order valence-corrected chi connectivity index (χ4v) is 3.49. The van der Waals surface area contributed by atoms with Crippen LogP contribution in [0.2, 0.25) is 0 Å². The van der Waals surface area contributed by atoms with Crippen LogP contribution in [0.25, 0.3) is 0 Å². The summed E-state index contributed by atoms with van der Waals surface area (Å²) in [7, 11) is 2.06. The van der Waals surface area contributed by atoms with E-state index < -0.39 is 0 Å². The second kappa shape index (κ2) is 8.18. The number of aryl methyl sites for hydroxylation is 2. The van der Waals surface area contributed by atoms with Gasteiger partial charge in [-0.25, -0.2) is 4.79 Å². The van der Waals surface area contributed by atoms with Gasteiger partial charge in [0, 0.05) is 50.8 Å². The van der Waals surface area contributed by atoms with Crippen LogP contribution >= 0.6 is 0 Å². The van der Waals surface area contributed by atoms with Gasteiger partial charge in [-0.1, -0.05) is 5.21 Å². The first-order valence-corrected chi connectivity index (χ1v) is 9.11. The van der Waals surface area contributed by atoms with Gasteiger partial charge in [-0.15, -0.1) is 5.10 Å². The lowest BCUT2D eigenvalue weighted by Crippen LogP contribution is -2.48. The van der Waals surface area contributed by atoms with Crippen LogP contribution in [0.5, 0.6) is 0 Å². The fourth-order valence-electron chi connectivity index (χ4n) is 3.49. The normalized spacial score (nSPS) is 19.0. The van der Waals surface area contributed by atoms with Crippen LogP contribution in [-0.4, -0.2) is 49.6 Å². The van der Waals surface area contributed by atoms with Gasteiger partial charge in [0.25, 0.3) is 0 Å². The minimum Gasteiger partial charge on any atom is -0.354 e. The molecule has 2 unspecified atom stereocenters. The van der Waals surface area contributed by atoms with Gasteiger partial charge in [0.05, 0.1) is 6.20 Å². The molecule has 3 rings (SSSR count). The summed E-state index contributed by atoms with van der Waals surface area (Å²) in [6, 6.07) is 4.41. The molecule has 3 heterocycles. The molecule has 0 spiro atoms. The van der Waals surface area contributed by atoms with Crippen LogP contribution in [0.1, 0.15) is 31.9 Å². The Balaban J connectivity index is 1.44. The average Bonchev–Trinajstić information content (AvgIpc) is 3.25. The third kappa shape index (κ3) is 4.84. The Morgan fingerprint density at radius 1 is 1.44 bits per heavy atom. The number of aromatic nitrogens is 4. The number of amides is 2. The third-order valence-corrected chi connectivity index (χ3v) is 4.98. The number of carbonyl (C=O) groups excluding carboxylic acids is 1. The molecule has 1 aliphatic heterocycles. The Morgan fingerprint density at radius 3 is 3.04 bits per heavy atom. The first-order chi connectivity index (χ1) is 12.1. The highest BCUT2D eigenvalue weighted by atomic mass is 16.2. The summed E-state index contributed by atoms with van der Waals surface area (Å²) < 4.78 is 3.99. The third-order valence-electron chi connectivity index (χ3n) is 4.98. The van der Waals surface area contributed by atoms with Crippen LogP contribution in [0.4, 0.5) is 4.79 Å². The number of likely N-dealkylation sites (tertiary alicyclic amines) is 1. The molecule has 2 atom stereocenters. The molecule has 1 saturated heterocycles. The minimum atomic E-state index is 0.0580. The average molecular weight is 344 g/mol. The number of urea groups is 1. The first kappa shape index (κ1) is 17.5. The molecule has 25 heavy (non-hydrogen) atoms. The number of hydrogen-bond acceptors (Lipinski definition) is 3. The molecule has 136 valence electrons. The van der Waals surface area contributed by atoms with Crippen molar-refractivity contribution in [2.24, 2.45) is 13.0 Å². The predicted octanol–water partition coefficient (Wildman–Crippen LogP) is 2.06. The van der Waals surface area contributed by atoms with E-state index in [-0.39, 0.29) is 12.1 Å². The number of nitrogens with one attached hydrogen (secondary N) is 1. The number of nitrogens with zero attached hydrogens (tertiary/aromatic N) is 5. The predicted molar refractivity (Wildman–Crippen MR) is 96.0 cm³/mol. The largest absolute Gasteiger partial charge is 0.354 e. The van der Waals surface area contributed by atoms with Crippen molar-refractivity contribution in [3.05, 3.63) is 36.4 Å². The van der Waals surface area contributed by atoms with Crippen molar-refractivity contribution in [3.8, 4) is 0 Å². The van der Waals surface area contributed by atoms with Crippen LogP contribution in [-0.2, 0) is 20.0 Å². The van der Waals surface area contributed by atoms with Crippen molar-refractivity contribution >= 4 is 6.03 Å². The summed E-state index contributed by atoms with van der Waals surface area (Å²) in [5.41, 5.74) is 1.30. The monoisotopic (exact) mass is 344 g/mol. The van der Waals surface area contributed by atoms with Crippen molar-refractivity contribution in [3.63, 3.8) is 0 Å². The van der Waals surface area contributed by atoms with E-state index in [1.807, 2.05) is 15.8 Å². The Hall–Kier alpha value is -2.31. The zero-order valence-corrected chi connectivity index (χ0v) is 15.1. The van der Waals surface area contributed by atoms with Crippen molar-refractivity contribution in [1.29, 1.82) is 0 Å². The molecule has 7 heteroatoms. The highest BCUT2D eigenvalue weighted by Gasteiger charge is 2.24. The fraction of sp³-hybridized carbons (Fsp3) is 0.611. The number of hydrogen-bond donors (Lipinski definition) is 1. The van der Waals surface area contributed by atoms with Crippen molar-refractivity contribution < 1.29 is 4.79 Å². The SMILES string of the molecule is CC(CCc1cccn1C)NC(=O)N1CCCC(Cn2ccnn2)C1. The molecule has 1 aliphatic rings. The number of rotatable bonds is 6. The quantitative estimate of drug-likeness (QED) is 0.872. The standard InChI is InChI=1S/C18H28N6O/c1-15(7-8-17-6-4-10-22(17)2)20-18(25)23-11-3-5-16(13-23)14-24-12-9-19-21-24/h4,6,9-10,12,15-16H,3,5,7-8,11,13-14H2,1-2H3,(H,20,25). The Labute approximate surface area is 149 Å². The highest BCUT2D eigenvalue weighted by molar-refractivity contribution is 5.74. The Morgan fingerprint density at radius 2 is 2.32 bits per heavy atom. The summed E-state index contributed by atoms with van der Waals surface area (Å²) in [6.45, 7) is 4.53. The molecule has 1 N–H and O–H groups in total. The summed E-state index contributed by atoms with van der Waals surface area (Å²) in [6.07, 6.45) is 9.73. The van der Waals surface area contributed by atoms with Gasteiger partial charge in [-0.05, 0) is 50.7 Å². The van der Waals surface area contributed by atoms with Gasteiger partial charge in [0.15, 0.2) is 0 Å². The van der Waals surface area contributed by atoms with E-state index in [9.17, 15) is 4.79 Å². The van der Waals surface area contributed by atoms with Crippen LogP contribution in [0, 0.1) is 5.92 Å². The summed E-state index contributed by atoms with van der Waals surface area (Å²) in [5, 5.41) is 11.0. The second-order valence-electron chi connectivity index (χ2n) is 7.08. The van der Waals surface area contributed by atoms with Gasteiger partial charge in [0.2, 0.25) is 0 Å². The zero-order chi connectivity index (χ0) is 17.6. The Bertz CT molecular complexity index is 665. The van der Waals surface area contributed by atoms with E-state index in [0.717, 1.165) is 45.3 Å². The lowest BCUT2D eigenvalue weighted by Gasteiger charge is -2.33. The molecular formula is C18H28N6O. The maximum atomic E-state index is 12.6. The van der Waals surface area contributed by atoms with Gasteiger partial charge in [-0.3, -0.25) is 4.68 Å². The molecule has 1 fully saturated rings. The van der Waals surface area contributed by atoms with E-state index >= 15 is 0 Å². The summed E-state index contributed by atoms with van der Waals surface area (Å²) in [5.74, 6) is 0.444. The van der Waals surface area contributed by atoms with E-state index in [1.54, 1.807) is 6.20 Å². The molecule has 0 saturated carbocycles. The van der Waals surface area contributed by atoms with Crippen molar-refractivity contribution in [1.82, 2.24) is 29.8 Å². The van der Waals surface area contributed by atoms with E-state index in [0.29, 0.717) is 5.92 Å². The summed E-state index contributed by atoms with van der Waals surface area (Å²) in [4.78, 5) is 14.5. The zero-order valence-electron chi connectivity index (χ0n) is 15.1. The van der Waals surface area contributed by atoms with E-state index in [4.69, 9.17) is 0 Å². The topological polar surface area (TPSA) is 68.0 Å². The summed E-state index contributed by atoms with van der Waals surface area (Å²) >= 11 is 0. The molecule has 0 bridgehead atoms. The van der Waals surface area contributed by atoms with Crippen LogP contribution in [0.3, 0.4) is 0 Å². The smallest absolute Gasteiger partial charge is 0.317 e. The van der Waals surface area contributed by atoms with Crippen molar-refractivity contribution in [2.45, 2.75) is 45.2 Å². The molecular weight excluding hydrogens is 316 g/mol. The molecule has 0 aliphatic carbocycles. The van der Waals surface area contributed by atoms with Crippen LogP contribution < -0.4 is 5.32 Å². The second-order valence-corrected chi connectivity index (χ2v) is 7.08. The number of piperidine rings is 1. The molecule has 2 aromatic heterocycles. The van der Waals surface area contributed by atoms with Gasteiger partial charge in [-0.2, -0.15) is 0 Å². The minimum absolute atomic E-state index is 0.0580. The van der Waals surface area contributed by atoms with Crippen LogP contribution in [0.15, 0.2) is 30.7 Å². The molecule has 7 nitrogen and oxygen atoms in total.